The predicted octanol–water partition coefficient (Wildman–Crippen LogP) is -0.967. The molecular formula is C12H13N5O4. The molecule has 2 rings (SSSR count). The first-order valence-corrected chi connectivity index (χ1v) is 5.95. The van der Waals surface area contributed by atoms with Crippen molar-refractivity contribution >= 4 is 23.0 Å². The van der Waals surface area contributed by atoms with Crippen LogP contribution < -0.4 is 16.6 Å². The molecule has 3 amide bonds. The Kier molecular flexibility index (Phi) is 3.57. The fourth-order valence-electron chi connectivity index (χ4n) is 1.81. The number of imide groups is 1. The second kappa shape index (κ2) is 5.19. The summed E-state index contributed by atoms with van der Waals surface area (Å²) in [6.45, 7) is 0. The third-order valence-corrected chi connectivity index (χ3v) is 3.02. The molecule has 0 spiro atoms. The van der Waals surface area contributed by atoms with Gasteiger partial charge in [0.25, 0.3) is 11.5 Å². The van der Waals surface area contributed by atoms with Crippen molar-refractivity contribution in [1.82, 2.24) is 24.8 Å². The zero-order valence-corrected chi connectivity index (χ0v) is 11.6. The third kappa shape index (κ3) is 2.40. The SMILES string of the molecule is CNC(=O)N(C)C(=O)c1cnc2c(c1)c(=O)[nH]c(=O)n2C. The summed E-state index contributed by atoms with van der Waals surface area (Å²) in [5.74, 6) is -0.614. The first-order chi connectivity index (χ1) is 9.86. The molecule has 2 aromatic heterocycles. The van der Waals surface area contributed by atoms with E-state index in [1.54, 1.807) is 0 Å². The third-order valence-electron chi connectivity index (χ3n) is 3.02. The van der Waals surface area contributed by atoms with Gasteiger partial charge in [0.15, 0.2) is 0 Å². The molecule has 0 unspecified atom stereocenters. The van der Waals surface area contributed by atoms with E-state index in [4.69, 9.17) is 0 Å². The fourth-order valence-corrected chi connectivity index (χ4v) is 1.81. The van der Waals surface area contributed by atoms with Gasteiger partial charge in [-0.2, -0.15) is 0 Å². The molecule has 0 bridgehead atoms. The van der Waals surface area contributed by atoms with E-state index in [2.05, 4.69) is 15.3 Å². The number of amides is 3. The van der Waals surface area contributed by atoms with Crippen LogP contribution in [0.3, 0.4) is 0 Å². The lowest BCUT2D eigenvalue weighted by molar-refractivity contribution is 0.0832. The van der Waals surface area contributed by atoms with Crippen LogP contribution >= 0.6 is 0 Å². The lowest BCUT2D eigenvalue weighted by Crippen LogP contribution is -2.39. The normalized spacial score (nSPS) is 10.4. The van der Waals surface area contributed by atoms with Crippen LogP contribution in [0.1, 0.15) is 10.4 Å². The van der Waals surface area contributed by atoms with E-state index in [0.717, 1.165) is 9.47 Å². The van der Waals surface area contributed by atoms with Gasteiger partial charge in [-0.3, -0.25) is 24.0 Å². The number of pyridine rings is 1. The maximum absolute atomic E-state index is 12.1. The van der Waals surface area contributed by atoms with Crippen molar-refractivity contribution < 1.29 is 9.59 Å². The second-order valence-corrected chi connectivity index (χ2v) is 4.33. The highest BCUT2D eigenvalue weighted by molar-refractivity contribution is 6.05. The number of fused-ring (bicyclic) bond motifs is 1. The largest absolute Gasteiger partial charge is 0.341 e. The number of aromatic nitrogens is 3. The number of carbonyl (C=O) groups is 2. The smallest absolute Gasteiger partial charge is 0.329 e. The zero-order valence-electron chi connectivity index (χ0n) is 11.6. The van der Waals surface area contributed by atoms with Crippen LogP contribution in [-0.4, -0.2) is 45.5 Å². The minimum absolute atomic E-state index is 0.0674. The maximum Gasteiger partial charge on any atom is 0.329 e. The lowest BCUT2D eigenvalue weighted by atomic mass is 10.2. The van der Waals surface area contributed by atoms with Gasteiger partial charge in [-0.05, 0) is 6.07 Å². The van der Waals surface area contributed by atoms with Crippen molar-refractivity contribution in [3.8, 4) is 0 Å². The molecular weight excluding hydrogens is 278 g/mol. The average molecular weight is 291 g/mol. The summed E-state index contributed by atoms with van der Waals surface area (Å²) in [6, 6.07) is 0.706. The number of rotatable bonds is 1. The molecule has 21 heavy (non-hydrogen) atoms. The summed E-state index contributed by atoms with van der Waals surface area (Å²) in [6.07, 6.45) is 1.21. The van der Waals surface area contributed by atoms with Crippen molar-refractivity contribution in [3.05, 3.63) is 38.7 Å². The molecule has 0 radical (unpaired) electrons. The zero-order chi connectivity index (χ0) is 15.7. The molecule has 2 aromatic rings. The molecule has 9 heteroatoms. The quantitative estimate of drug-likeness (QED) is 0.701. The van der Waals surface area contributed by atoms with E-state index in [1.165, 1.54) is 33.4 Å². The van der Waals surface area contributed by atoms with Crippen molar-refractivity contribution in [2.45, 2.75) is 0 Å². The Hall–Kier alpha value is -2.97. The van der Waals surface area contributed by atoms with Crippen molar-refractivity contribution in [2.75, 3.05) is 14.1 Å². The van der Waals surface area contributed by atoms with E-state index < -0.39 is 23.2 Å². The highest BCUT2D eigenvalue weighted by Crippen LogP contribution is 2.09. The molecule has 9 nitrogen and oxygen atoms in total. The average Bonchev–Trinajstić information content (AvgIpc) is 2.50. The van der Waals surface area contributed by atoms with Crippen LogP contribution in [0, 0.1) is 0 Å². The maximum atomic E-state index is 12.1. The Balaban J connectivity index is 2.59. The van der Waals surface area contributed by atoms with Crippen molar-refractivity contribution in [2.24, 2.45) is 7.05 Å². The number of nitrogens with one attached hydrogen (secondary N) is 2. The molecule has 110 valence electrons. The van der Waals surface area contributed by atoms with Crippen LogP contribution in [0.5, 0.6) is 0 Å². The molecule has 0 atom stereocenters. The topological polar surface area (TPSA) is 117 Å². The van der Waals surface area contributed by atoms with E-state index >= 15 is 0 Å². The van der Waals surface area contributed by atoms with Gasteiger partial charge in [-0.1, -0.05) is 0 Å². The molecule has 2 heterocycles. The number of aryl methyl sites for hydroxylation is 1. The van der Waals surface area contributed by atoms with Gasteiger partial charge >= 0.3 is 11.7 Å². The highest BCUT2D eigenvalue weighted by Gasteiger charge is 2.19. The molecule has 0 saturated heterocycles. The number of carbonyl (C=O) groups excluding carboxylic acids is 2. The molecule has 0 aliphatic rings. The van der Waals surface area contributed by atoms with Gasteiger partial charge in [0.1, 0.15) is 5.65 Å². The first-order valence-electron chi connectivity index (χ1n) is 5.95. The summed E-state index contributed by atoms with van der Waals surface area (Å²) in [5, 5.41) is 2.40. The number of hydrogen-bond acceptors (Lipinski definition) is 5. The van der Waals surface area contributed by atoms with E-state index in [9.17, 15) is 19.2 Å². The molecule has 2 N–H and O–H groups in total. The Morgan fingerprint density at radius 1 is 1.38 bits per heavy atom. The van der Waals surface area contributed by atoms with Gasteiger partial charge in [0, 0.05) is 27.3 Å². The van der Waals surface area contributed by atoms with E-state index in [0.29, 0.717) is 0 Å². The van der Waals surface area contributed by atoms with Gasteiger partial charge < -0.3 is 5.32 Å². The van der Waals surface area contributed by atoms with Crippen LogP contribution in [-0.2, 0) is 7.05 Å². The Morgan fingerprint density at radius 2 is 2.05 bits per heavy atom. The molecule has 0 aromatic carbocycles. The summed E-state index contributed by atoms with van der Waals surface area (Å²) >= 11 is 0. The lowest BCUT2D eigenvalue weighted by Gasteiger charge is -2.14. The van der Waals surface area contributed by atoms with Crippen LogP contribution in [0.4, 0.5) is 4.79 Å². The first kappa shape index (κ1) is 14.4. The van der Waals surface area contributed by atoms with Gasteiger partial charge in [0.05, 0.1) is 10.9 Å². The van der Waals surface area contributed by atoms with Gasteiger partial charge in [-0.25, -0.2) is 14.6 Å². The van der Waals surface area contributed by atoms with Gasteiger partial charge in [-0.15, -0.1) is 0 Å². The number of nitrogens with zero attached hydrogens (tertiary/aromatic N) is 3. The monoisotopic (exact) mass is 291 g/mol. The van der Waals surface area contributed by atoms with E-state index in [1.807, 2.05) is 0 Å². The number of aromatic amines is 1. The highest BCUT2D eigenvalue weighted by atomic mass is 16.2. The van der Waals surface area contributed by atoms with Crippen LogP contribution in [0.15, 0.2) is 21.9 Å². The van der Waals surface area contributed by atoms with Crippen LogP contribution in [0.25, 0.3) is 11.0 Å². The minimum atomic E-state index is -0.641. The summed E-state index contributed by atoms with van der Waals surface area (Å²) in [7, 11) is 4.15. The van der Waals surface area contributed by atoms with Gasteiger partial charge in [0.2, 0.25) is 0 Å². The predicted molar refractivity (Wildman–Crippen MR) is 74.2 cm³/mol. The fraction of sp³-hybridized carbons (Fsp3) is 0.250. The number of H-pyrrole nitrogens is 1. The van der Waals surface area contributed by atoms with E-state index in [-0.39, 0.29) is 16.6 Å². The molecule has 0 aliphatic heterocycles. The molecule has 0 saturated carbocycles. The summed E-state index contributed by atoms with van der Waals surface area (Å²) in [5.41, 5.74) is -1.01. The number of urea groups is 1. The van der Waals surface area contributed by atoms with Crippen LogP contribution in [0.2, 0.25) is 0 Å². The Morgan fingerprint density at radius 3 is 2.67 bits per heavy atom. The standard InChI is InChI=1S/C12H13N5O4/c1-13-11(20)17(3)10(19)6-4-7-8(14-5-6)16(2)12(21)15-9(7)18/h4-5H,1-3H3,(H,13,20)(H,15,18,21). The number of hydrogen-bond donors (Lipinski definition) is 2. The second-order valence-electron chi connectivity index (χ2n) is 4.33. The summed E-state index contributed by atoms with van der Waals surface area (Å²) < 4.78 is 1.16. The molecule has 0 fully saturated rings. The Bertz CT molecular complexity index is 851. The molecule has 0 aliphatic carbocycles. The minimum Gasteiger partial charge on any atom is -0.341 e. The summed E-state index contributed by atoms with van der Waals surface area (Å²) in [4.78, 5) is 53.7. The van der Waals surface area contributed by atoms with Crippen molar-refractivity contribution in [3.63, 3.8) is 0 Å². The Labute approximate surface area is 118 Å². The van der Waals surface area contributed by atoms with Crippen molar-refractivity contribution in [1.29, 1.82) is 0 Å².